The van der Waals surface area contributed by atoms with E-state index >= 15 is 0 Å². The van der Waals surface area contributed by atoms with Crippen LogP contribution in [0.1, 0.15) is 0 Å². The molecule has 0 fully saturated rings. The zero-order valence-corrected chi connectivity index (χ0v) is 12.0. The minimum atomic E-state index is 0.635. The molecule has 5 heteroatoms. The van der Waals surface area contributed by atoms with Crippen molar-refractivity contribution in [3.05, 3.63) is 26.8 Å². The SMILES string of the molecule is COCCOCCNc1ccc(Cl)cc1I. The van der Waals surface area contributed by atoms with Gasteiger partial charge in [0.15, 0.2) is 0 Å². The maximum Gasteiger partial charge on any atom is 0.0701 e. The van der Waals surface area contributed by atoms with Gasteiger partial charge in [0.2, 0.25) is 0 Å². The summed E-state index contributed by atoms with van der Waals surface area (Å²) in [6.45, 7) is 2.72. The van der Waals surface area contributed by atoms with Crippen molar-refractivity contribution in [1.29, 1.82) is 0 Å². The van der Waals surface area contributed by atoms with E-state index in [1.54, 1.807) is 7.11 Å². The first-order chi connectivity index (χ1) is 7.74. The van der Waals surface area contributed by atoms with Gasteiger partial charge in [-0.25, -0.2) is 0 Å². The third-order valence-corrected chi connectivity index (χ3v) is 3.05. The predicted octanol–water partition coefficient (Wildman–Crippen LogP) is 3.02. The Morgan fingerprint density at radius 3 is 2.81 bits per heavy atom. The Labute approximate surface area is 115 Å². The first-order valence-corrected chi connectivity index (χ1v) is 6.45. The monoisotopic (exact) mass is 355 g/mol. The molecule has 0 atom stereocenters. The van der Waals surface area contributed by atoms with Crippen molar-refractivity contribution < 1.29 is 9.47 Å². The summed E-state index contributed by atoms with van der Waals surface area (Å²) in [4.78, 5) is 0. The highest BCUT2D eigenvalue weighted by Gasteiger charge is 1.99. The summed E-state index contributed by atoms with van der Waals surface area (Å²) >= 11 is 8.12. The number of rotatable bonds is 7. The van der Waals surface area contributed by atoms with Crippen molar-refractivity contribution in [2.45, 2.75) is 0 Å². The van der Waals surface area contributed by atoms with Crippen molar-refractivity contribution in [2.24, 2.45) is 0 Å². The lowest BCUT2D eigenvalue weighted by molar-refractivity contribution is 0.0759. The zero-order chi connectivity index (χ0) is 11.8. The Hall–Kier alpha value is -0.0400. The Morgan fingerprint density at radius 2 is 2.12 bits per heavy atom. The van der Waals surface area contributed by atoms with E-state index in [1.165, 1.54) is 0 Å². The maximum atomic E-state index is 5.86. The van der Waals surface area contributed by atoms with E-state index in [-0.39, 0.29) is 0 Å². The van der Waals surface area contributed by atoms with Crippen molar-refractivity contribution in [1.82, 2.24) is 0 Å². The quantitative estimate of drug-likeness (QED) is 0.602. The highest BCUT2D eigenvalue weighted by molar-refractivity contribution is 14.1. The smallest absolute Gasteiger partial charge is 0.0701 e. The third-order valence-electron chi connectivity index (χ3n) is 1.92. The molecular weight excluding hydrogens is 340 g/mol. The molecular formula is C11H15ClINO2. The van der Waals surface area contributed by atoms with E-state index in [9.17, 15) is 0 Å². The van der Waals surface area contributed by atoms with Crippen molar-refractivity contribution >= 4 is 39.9 Å². The minimum Gasteiger partial charge on any atom is -0.382 e. The van der Waals surface area contributed by atoms with Crippen molar-refractivity contribution in [3.63, 3.8) is 0 Å². The molecule has 1 rings (SSSR count). The van der Waals surface area contributed by atoms with E-state index in [0.717, 1.165) is 20.8 Å². The van der Waals surface area contributed by atoms with Crippen LogP contribution >= 0.6 is 34.2 Å². The largest absolute Gasteiger partial charge is 0.382 e. The van der Waals surface area contributed by atoms with Crippen LogP contribution in [0.4, 0.5) is 5.69 Å². The standard InChI is InChI=1S/C11H15ClINO2/c1-15-6-7-16-5-4-14-11-3-2-9(12)8-10(11)13/h2-3,8,14H,4-7H2,1H3. The molecule has 1 N–H and O–H groups in total. The summed E-state index contributed by atoms with van der Waals surface area (Å²) in [7, 11) is 1.66. The number of nitrogens with one attached hydrogen (secondary N) is 1. The van der Waals surface area contributed by atoms with Gasteiger partial charge in [0.25, 0.3) is 0 Å². The van der Waals surface area contributed by atoms with Crippen LogP contribution in [0.2, 0.25) is 5.02 Å². The molecule has 0 aliphatic heterocycles. The number of halogens is 2. The van der Waals surface area contributed by atoms with Gasteiger partial charge in [0, 0.05) is 27.9 Å². The lowest BCUT2D eigenvalue weighted by Gasteiger charge is -2.09. The normalized spacial score (nSPS) is 10.4. The first kappa shape index (κ1) is 14.0. The van der Waals surface area contributed by atoms with Crippen LogP contribution < -0.4 is 5.32 Å². The molecule has 0 amide bonds. The summed E-state index contributed by atoms with van der Waals surface area (Å²) in [5.74, 6) is 0. The summed E-state index contributed by atoms with van der Waals surface area (Å²) in [5, 5.41) is 4.04. The van der Waals surface area contributed by atoms with Crippen LogP contribution in [0.5, 0.6) is 0 Å². The van der Waals surface area contributed by atoms with Crippen LogP contribution in [0.25, 0.3) is 0 Å². The zero-order valence-electron chi connectivity index (χ0n) is 9.13. The van der Waals surface area contributed by atoms with Crippen LogP contribution in [-0.4, -0.2) is 33.5 Å². The van der Waals surface area contributed by atoms with Gasteiger partial charge in [-0.1, -0.05) is 11.6 Å². The third kappa shape index (κ3) is 5.34. The Morgan fingerprint density at radius 1 is 1.31 bits per heavy atom. The Kier molecular flexibility index (Phi) is 7.11. The van der Waals surface area contributed by atoms with E-state index in [0.29, 0.717) is 19.8 Å². The molecule has 16 heavy (non-hydrogen) atoms. The Bertz CT molecular complexity index is 323. The van der Waals surface area contributed by atoms with Gasteiger partial charge >= 0.3 is 0 Å². The molecule has 0 aromatic heterocycles. The predicted molar refractivity (Wildman–Crippen MR) is 75.4 cm³/mol. The number of methoxy groups -OCH3 is 1. The Balaban J connectivity index is 2.21. The van der Waals surface area contributed by atoms with Crippen LogP contribution in [0.3, 0.4) is 0 Å². The second-order valence-corrected chi connectivity index (χ2v) is 4.75. The van der Waals surface area contributed by atoms with Gasteiger partial charge < -0.3 is 14.8 Å². The molecule has 0 radical (unpaired) electrons. The summed E-state index contributed by atoms with van der Waals surface area (Å²) < 4.78 is 11.3. The van der Waals surface area contributed by atoms with Gasteiger partial charge in [-0.3, -0.25) is 0 Å². The summed E-state index contributed by atoms with van der Waals surface area (Å²) in [6, 6.07) is 5.77. The fourth-order valence-corrected chi connectivity index (χ4v) is 2.20. The molecule has 3 nitrogen and oxygen atoms in total. The topological polar surface area (TPSA) is 30.5 Å². The number of benzene rings is 1. The van der Waals surface area contributed by atoms with Crippen LogP contribution in [0, 0.1) is 3.57 Å². The maximum absolute atomic E-state index is 5.86. The van der Waals surface area contributed by atoms with Crippen molar-refractivity contribution in [3.8, 4) is 0 Å². The molecule has 0 spiro atoms. The van der Waals surface area contributed by atoms with Gasteiger partial charge in [-0.15, -0.1) is 0 Å². The van der Waals surface area contributed by atoms with Crippen molar-refractivity contribution in [2.75, 3.05) is 38.8 Å². The first-order valence-electron chi connectivity index (χ1n) is 4.99. The molecule has 0 unspecified atom stereocenters. The minimum absolute atomic E-state index is 0.635. The van der Waals surface area contributed by atoms with Crippen LogP contribution in [0.15, 0.2) is 18.2 Å². The average Bonchev–Trinajstić information content (AvgIpc) is 2.26. The van der Waals surface area contributed by atoms with E-state index in [2.05, 4.69) is 27.9 Å². The fraction of sp³-hybridized carbons (Fsp3) is 0.455. The molecule has 1 aromatic rings. The molecule has 0 saturated carbocycles. The molecule has 0 bridgehead atoms. The second kappa shape index (κ2) is 8.11. The van der Waals surface area contributed by atoms with Crippen LogP contribution in [-0.2, 0) is 9.47 Å². The molecule has 0 aliphatic carbocycles. The summed E-state index contributed by atoms with van der Waals surface area (Å²) in [5.41, 5.74) is 1.08. The molecule has 0 aliphatic rings. The molecule has 90 valence electrons. The highest BCUT2D eigenvalue weighted by Crippen LogP contribution is 2.21. The summed E-state index contributed by atoms with van der Waals surface area (Å²) in [6.07, 6.45) is 0. The fourth-order valence-electron chi connectivity index (χ4n) is 1.14. The van der Waals surface area contributed by atoms with Gasteiger partial charge in [0.05, 0.1) is 19.8 Å². The number of anilines is 1. The number of hydrogen-bond donors (Lipinski definition) is 1. The van der Waals surface area contributed by atoms with E-state index in [4.69, 9.17) is 21.1 Å². The van der Waals surface area contributed by atoms with E-state index in [1.807, 2.05) is 18.2 Å². The highest BCUT2D eigenvalue weighted by atomic mass is 127. The van der Waals surface area contributed by atoms with Gasteiger partial charge in [-0.2, -0.15) is 0 Å². The van der Waals surface area contributed by atoms with E-state index < -0.39 is 0 Å². The second-order valence-electron chi connectivity index (χ2n) is 3.16. The number of ether oxygens (including phenoxy) is 2. The average molecular weight is 356 g/mol. The lowest BCUT2D eigenvalue weighted by Crippen LogP contribution is -2.12. The van der Waals surface area contributed by atoms with Gasteiger partial charge in [0.1, 0.15) is 0 Å². The molecule has 1 aromatic carbocycles. The molecule has 0 saturated heterocycles. The van der Waals surface area contributed by atoms with Gasteiger partial charge in [-0.05, 0) is 40.8 Å². The molecule has 0 heterocycles. The number of hydrogen-bond acceptors (Lipinski definition) is 3. The lowest BCUT2D eigenvalue weighted by atomic mass is 10.3.